The monoisotopic (exact) mass is 375 g/mol. The van der Waals surface area contributed by atoms with Gasteiger partial charge in [0.25, 0.3) is 0 Å². The zero-order valence-electron chi connectivity index (χ0n) is 13.8. The molecule has 3 rings (SSSR count). The first-order valence-electron chi connectivity index (χ1n) is 8.21. The fraction of sp³-hybridized carbons (Fsp3) is 0.444. The molecule has 0 saturated heterocycles. The Kier molecular flexibility index (Phi) is 4.57. The molecule has 122 valence electrons. The lowest BCUT2D eigenvalue weighted by atomic mass is 10.1. The fourth-order valence-electron chi connectivity index (χ4n) is 3.05. The molecule has 0 aliphatic heterocycles. The van der Waals surface area contributed by atoms with Crippen molar-refractivity contribution >= 4 is 37.9 Å². The maximum atomic E-state index is 12.3. The topological polar surface area (TPSA) is 44.8 Å². The molecule has 5 heteroatoms. The summed E-state index contributed by atoms with van der Waals surface area (Å²) in [4.78, 5) is 4.77. The van der Waals surface area contributed by atoms with Crippen LogP contribution in [0.15, 0.2) is 28.9 Å². The number of aryl methyl sites for hydroxylation is 1. The largest absolute Gasteiger partial charge is 0.618 e. The number of aromatic nitrogens is 3. The number of imidazole rings is 1. The summed E-state index contributed by atoms with van der Waals surface area (Å²) in [5, 5.41) is 13.3. The predicted octanol–water partition coefficient (Wildman–Crippen LogP) is 4.58. The molecule has 0 N–H and O–H groups in total. The summed E-state index contributed by atoms with van der Waals surface area (Å²) in [5.74, 6) is 1.61. The maximum Gasteiger partial charge on any atom is 0.227 e. The molecule has 0 atom stereocenters. The van der Waals surface area contributed by atoms with Gasteiger partial charge in [0.05, 0.1) is 10.9 Å². The van der Waals surface area contributed by atoms with Crippen LogP contribution in [0, 0.1) is 11.1 Å². The Morgan fingerprint density at radius 1 is 1.35 bits per heavy atom. The van der Waals surface area contributed by atoms with Crippen molar-refractivity contribution in [1.82, 2.24) is 9.55 Å². The van der Waals surface area contributed by atoms with E-state index in [0.29, 0.717) is 11.4 Å². The first-order valence-corrected chi connectivity index (χ1v) is 9.01. The number of pyridine rings is 1. The number of benzene rings is 1. The van der Waals surface area contributed by atoms with Crippen LogP contribution in [0.5, 0.6) is 0 Å². The van der Waals surface area contributed by atoms with Crippen molar-refractivity contribution in [2.24, 2.45) is 5.92 Å². The van der Waals surface area contributed by atoms with Gasteiger partial charge in [-0.25, -0.2) is 4.98 Å². The zero-order chi connectivity index (χ0) is 16.6. The smallest absolute Gasteiger partial charge is 0.227 e. The van der Waals surface area contributed by atoms with Crippen molar-refractivity contribution in [2.75, 3.05) is 0 Å². The van der Waals surface area contributed by atoms with Crippen molar-refractivity contribution in [3.63, 3.8) is 0 Å². The standard InChI is InChI=1S/C18H22BrN3O/c1-4-5-6-17-20-15-11-22(23)16-9-13(19)7-8-14(16)18(15)21(17)10-12(2)3/h7-9,11-12H,4-6,10H2,1-3H3. The summed E-state index contributed by atoms with van der Waals surface area (Å²) >= 11 is 3.45. The second-order valence-corrected chi connectivity index (χ2v) is 7.40. The molecule has 0 unspecified atom stereocenters. The van der Waals surface area contributed by atoms with Gasteiger partial charge < -0.3 is 9.77 Å². The molecule has 0 saturated carbocycles. The number of unbranched alkanes of at least 4 members (excludes halogenated alkanes) is 1. The minimum absolute atomic E-state index is 0.526. The van der Waals surface area contributed by atoms with Crippen molar-refractivity contribution in [3.8, 4) is 0 Å². The van der Waals surface area contributed by atoms with Crippen LogP contribution in [0.3, 0.4) is 0 Å². The maximum absolute atomic E-state index is 12.3. The van der Waals surface area contributed by atoms with Gasteiger partial charge in [-0.3, -0.25) is 0 Å². The molecule has 3 aromatic rings. The molecule has 2 heterocycles. The Bertz CT molecular complexity index is 854. The van der Waals surface area contributed by atoms with Crippen molar-refractivity contribution in [3.05, 3.63) is 39.9 Å². The molecular weight excluding hydrogens is 354 g/mol. The summed E-state index contributed by atoms with van der Waals surface area (Å²) in [6.07, 6.45) is 4.81. The van der Waals surface area contributed by atoms with E-state index < -0.39 is 0 Å². The third-order valence-electron chi connectivity index (χ3n) is 4.07. The van der Waals surface area contributed by atoms with Crippen LogP contribution in [0.25, 0.3) is 21.9 Å². The zero-order valence-corrected chi connectivity index (χ0v) is 15.4. The van der Waals surface area contributed by atoms with Gasteiger partial charge in [-0.05, 0) is 24.5 Å². The molecule has 0 radical (unpaired) electrons. The van der Waals surface area contributed by atoms with Gasteiger partial charge in [-0.1, -0.05) is 43.1 Å². The Morgan fingerprint density at radius 2 is 2.13 bits per heavy atom. The van der Waals surface area contributed by atoms with E-state index in [1.807, 2.05) is 18.2 Å². The van der Waals surface area contributed by atoms with E-state index in [2.05, 4.69) is 41.3 Å². The number of nitrogens with zero attached hydrogens (tertiary/aromatic N) is 3. The lowest BCUT2D eigenvalue weighted by Crippen LogP contribution is -2.26. The number of fused-ring (bicyclic) bond motifs is 3. The Hall–Kier alpha value is -1.62. The van der Waals surface area contributed by atoms with Gasteiger partial charge >= 0.3 is 0 Å². The van der Waals surface area contributed by atoms with Crippen LogP contribution in [-0.4, -0.2) is 9.55 Å². The molecule has 0 aliphatic rings. The van der Waals surface area contributed by atoms with Crippen LogP contribution < -0.4 is 4.73 Å². The Labute approximate surface area is 144 Å². The third-order valence-corrected chi connectivity index (χ3v) is 4.56. The SMILES string of the molecule is CCCCc1nc2c[n+]([O-])c3cc(Br)ccc3c2n1CC(C)C. The molecule has 23 heavy (non-hydrogen) atoms. The van der Waals surface area contributed by atoms with E-state index in [1.54, 1.807) is 6.20 Å². The van der Waals surface area contributed by atoms with Gasteiger partial charge in [0, 0.05) is 23.5 Å². The summed E-state index contributed by atoms with van der Waals surface area (Å²) in [6, 6.07) is 5.87. The molecule has 0 bridgehead atoms. The third kappa shape index (κ3) is 3.07. The molecular formula is C18H22BrN3O. The van der Waals surface area contributed by atoms with Crippen molar-refractivity contribution < 1.29 is 4.73 Å². The molecule has 1 aromatic carbocycles. The lowest BCUT2D eigenvalue weighted by molar-refractivity contribution is -0.575. The quantitative estimate of drug-likeness (QED) is 0.483. The van der Waals surface area contributed by atoms with Gasteiger partial charge in [-0.15, -0.1) is 0 Å². The molecule has 0 spiro atoms. The first-order chi connectivity index (χ1) is 11.0. The van der Waals surface area contributed by atoms with Gasteiger partial charge in [0.1, 0.15) is 5.82 Å². The summed E-state index contributed by atoms with van der Waals surface area (Å²) in [6.45, 7) is 7.54. The van der Waals surface area contributed by atoms with E-state index in [-0.39, 0.29) is 0 Å². The molecule has 2 aromatic heterocycles. The number of hydrogen-bond donors (Lipinski definition) is 0. The van der Waals surface area contributed by atoms with Crippen LogP contribution in [0.2, 0.25) is 0 Å². The number of rotatable bonds is 5. The molecule has 0 fully saturated rings. The first kappa shape index (κ1) is 16.2. The van der Waals surface area contributed by atoms with E-state index in [0.717, 1.165) is 57.3 Å². The fourth-order valence-corrected chi connectivity index (χ4v) is 3.40. The predicted molar refractivity (Wildman–Crippen MR) is 97.3 cm³/mol. The minimum Gasteiger partial charge on any atom is -0.618 e. The van der Waals surface area contributed by atoms with Gasteiger partial charge in [0.15, 0.2) is 5.52 Å². The van der Waals surface area contributed by atoms with E-state index in [9.17, 15) is 5.21 Å². The average Bonchev–Trinajstić information content (AvgIpc) is 2.82. The van der Waals surface area contributed by atoms with Gasteiger partial charge in [-0.2, -0.15) is 4.73 Å². The van der Waals surface area contributed by atoms with Crippen LogP contribution in [0.1, 0.15) is 39.4 Å². The van der Waals surface area contributed by atoms with E-state index >= 15 is 0 Å². The summed E-state index contributed by atoms with van der Waals surface area (Å²) in [5.41, 5.74) is 2.56. The number of halogens is 1. The van der Waals surface area contributed by atoms with Crippen molar-refractivity contribution in [1.29, 1.82) is 0 Å². The molecule has 4 nitrogen and oxygen atoms in total. The number of hydrogen-bond acceptors (Lipinski definition) is 2. The van der Waals surface area contributed by atoms with Crippen LogP contribution in [-0.2, 0) is 13.0 Å². The molecule has 0 amide bonds. The van der Waals surface area contributed by atoms with Gasteiger partial charge in [0.2, 0.25) is 11.7 Å². The second-order valence-electron chi connectivity index (χ2n) is 6.49. The second kappa shape index (κ2) is 6.48. The highest BCUT2D eigenvalue weighted by Crippen LogP contribution is 2.27. The lowest BCUT2D eigenvalue weighted by Gasteiger charge is -2.12. The summed E-state index contributed by atoms with van der Waals surface area (Å²) < 4.78 is 4.15. The van der Waals surface area contributed by atoms with Crippen LogP contribution >= 0.6 is 15.9 Å². The van der Waals surface area contributed by atoms with E-state index in [4.69, 9.17) is 4.98 Å². The molecule has 0 aliphatic carbocycles. The highest BCUT2D eigenvalue weighted by molar-refractivity contribution is 9.10. The van der Waals surface area contributed by atoms with Crippen molar-refractivity contribution in [2.45, 2.75) is 46.6 Å². The average molecular weight is 376 g/mol. The Balaban J connectivity index is 2.32. The highest BCUT2D eigenvalue weighted by atomic mass is 79.9. The Morgan fingerprint density at radius 3 is 2.83 bits per heavy atom. The summed E-state index contributed by atoms with van der Waals surface area (Å²) in [7, 11) is 0. The van der Waals surface area contributed by atoms with E-state index in [1.165, 1.54) is 0 Å². The van der Waals surface area contributed by atoms with Crippen LogP contribution in [0.4, 0.5) is 0 Å². The highest BCUT2D eigenvalue weighted by Gasteiger charge is 2.19. The normalized spacial score (nSPS) is 11.9. The minimum atomic E-state index is 0.526.